The van der Waals surface area contributed by atoms with E-state index in [0.717, 1.165) is 23.2 Å². The molecule has 4 aliphatic heterocycles. The molecule has 4 heterocycles. The van der Waals surface area contributed by atoms with Crippen molar-refractivity contribution < 1.29 is 0 Å². The first-order valence-corrected chi connectivity index (χ1v) is 31.6. The van der Waals surface area contributed by atoms with Gasteiger partial charge in [-0.25, -0.2) is 0 Å². The summed E-state index contributed by atoms with van der Waals surface area (Å²) in [6.07, 6.45) is 6.58. The highest BCUT2D eigenvalue weighted by Gasteiger charge is 2.49. The second-order valence-corrected chi connectivity index (χ2v) is 25.9. The summed E-state index contributed by atoms with van der Waals surface area (Å²) in [5.74, 6) is 1.68. The van der Waals surface area contributed by atoms with Crippen molar-refractivity contribution in [2.75, 3.05) is 14.7 Å². The Morgan fingerprint density at radius 2 is 0.655 bits per heavy atom. The van der Waals surface area contributed by atoms with Crippen LogP contribution in [0.25, 0.3) is 109 Å². The molecule has 408 valence electrons. The van der Waals surface area contributed by atoms with Crippen LogP contribution in [0.5, 0.6) is 0 Å². The summed E-state index contributed by atoms with van der Waals surface area (Å²) in [7, 11) is 0. The number of fused-ring (bicyclic) bond motifs is 4. The lowest BCUT2D eigenvalue weighted by Gasteiger charge is -2.58. The molecule has 4 fully saturated rings. The highest BCUT2D eigenvalue weighted by Crippen LogP contribution is 2.54. The Hall–Kier alpha value is -10.2. The quantitative estimate of drug-likeness (QED) is 0.116. The van der Waals surface area contributed by atoms with Crippen LogP contribution in [0.3, 0.4) is 0 Å². The average Bonchev–Trinajstić information content (AvgIpc) is 1.04. The van der Waals surface area contributed by atoms with Gasteiger partial charge in [-0.1, -0.05) is 218 Å². The molecule has 3 nitrogen and oxygen atoms in total. The SMILES string of the molecule is c1ccc(-c2ccc(N3c4ccc(-c5ccc6ccc7cccc8ccc5c6c78)cc4B4c5cc(-c6ccc7ccc8cccc9ccc6c7c89)ccc5N(c5ccc(-c6ccccc6)cc5)c5cc(N6C7CC8CC(C7)CC6C8)cc3c54)cc2)cc1. The maximum atomic E-state index is 2.92. The number of anilines is 7. The lowest BCUT2D eigenvalue weighted by atomic mass is 9.33. The zero-order valence-electron chi connectivity index (χ0n) is 48.2. The number of piperidine rings is 2. The Labute approximate surface area is 506 Å². The molecule has 0 spiro atoms. The van der Waals surface area contributed by atoms with Crippen LogP contribution in [0.2, 0.25) is 0 Å². The first kappa shape index (κ1) is 48.1. The van der Waals surface area contributed by atoms with Crippen molar-refractivity contribution >= 4 is 128 Å². The molecule has 0 atom stereocenters. The smallest absolute Gasteiger partial charge is 0.252 e. The lowest BCUT2D eigenvalue weighted by Crippen LogP contribution is -2.62. The van der Waals surface area contributed by atoms with Gasteiger partial charge in [0.1, 0.15) is 0 Å². The van der Waals surface area contributed by atoms with E-state index in [2.05, 4.69) is 282 Å². The fraction of sp³-hybridized carbons (Fsp3) is 0.108. The molecule has 4 heteroatoms. The van der Waals surface area contributed by atoms with Gasteiger partial charge in [-0.3, -0.25) is 0 Å². The summed E-state index contributed by atoms with van der Waals surface area (Å²) in [6.45, 7) is -0.110. The standard InChI is InChI=1S/C83H58BN3/c1-3-9-52(10-4-1)54-21-31-64(32-22-54)86-75-39-29-62(69-35-25-60-19-17-56-13-7-15-58-27-37-71(69)81(60)79(56)58)46-73(75)84-74-47-63(70-36-26-61-20-18-57-14-8-16-59-28-38-72(70)82(61)80(57)59)30-40-76(74)87(65-33-23-55(24-34-65)53-11-5-2-6-12-53)78-49-68(48-77(86)83(78)84)85-66-42-50-41-51(44-66)45-67(85)43-50/h1-40,46-51,66-67H,41-45H2. The summed E-state index contributed by atoms with van der Waals surface area (Å²) in [5, 5.41) is 15.7. The molecule has 2 saturated carbocycles. The van der Waals surface area contributed by atoms with Crippen molar-refractivity contribution in [1.29, 1.82) is 0 Å². The highest BCUT2D eigenvalue weighted by molar-refractivity contribution is 7.00. The molecule has 0 radical (unpaired) electrons. The van der Waals surface area contributed by atoms with Gasteiger partial charge in [-0.15, -0.1) is 0 Å². The zero-order valence-corrected chi connectivity index (χ0v) is 48.2. The van der Waals surface area contributed by atoms with Gasteiger partial charge in [0.05, 0.1) is 0 Å². The molecule has 87 heavy (non-hydrogen) atoms. The third-order valence-electron chi connectivity index (χ3n) is 21.4. The molecule has 0 unspecified atom stereocenters. The van der Waals surface area contributed by atoms with Crippen LogP contribution in [0.1, 0.15) is 32.1 Å². The first-order chi connectivity index (χ1) is 43.1. The molecule has 2 saturated heterocycles. The molecule has 21 rings (SSSR count). The molecule has 2 aliphatic carbocycles. The number of benzene rings is 15. The molecule has 4 bridgehead atoms. The summed E-state index contributed by atoms with van der Waals surface area (Å²) in [6, 6.07) is 104. The van der Waals surface area contributed by atoms with Gasteiger partial charge < -0.3 is 14.7 Å². The monoisotopic (exact) mass is 1110 g/mol. The second-order valence-electron chi connectivity index (χ2n) is 25.9. The van der Waals surface area contributed by atoms with Crippen molar-refractivity contribution in [2.24, 2.45) is 11.8 Å². The minimum absolute atomic E-state index is 0.110. The van der Waals surface area contributed by atoms with Crippen LogP contribution in [-0.2, 0) is 0 Å². The van der Waals surface area contributed by atoms with Crippen molar-refractivity contribution in [3.8, 4) is 44.5 Å². The Morgan fingerprint density at radius 3 is 1.09 bits per heavy atom. The van der Waals surface area contributed by atoms with E-state index in [1.807, 2.05) is 0 Å². The third-order valence-corrected chi connectivity index (χ3v) is 21.4. The minimum atomic E-state index is -0.110. The van der Waals surface area contributed by atoms with Gasteiger partial charge in [0.2, 0.25) is 0 Å². The number of hydrogen-bond donors (Lipinski definition) is 0. The van der Waals surface area contributed by atoms with E-state index in [-0.39, 0.29) is 6.71 Å². The van der Waals surface area contributed by atoms with Gasteiger partial charge in [0.25, 0.3) is 6.71 Å². The van der Waals surface area contributed by atoms with Crippen LogP contribution in [-0.4, -0.2) is 18.8 Å². The fourth-order valence-corrected chi connectivity index (χ4v) is 17.8. The van der Waals surface area contributed by atoms with Crippen LogP contribution < -0.4 is 31.1 Å². The predicted octanol–water partition coefficient (Wildman–Crippen LogP) is 20.0. The van der Waals surface area contributed by atoms with Gasteiger partial charge in [-0.2, -0.15) is 0 Å². The van der Waals surface area contributed by atoms with Crippen LogP contribution in [0, 0.1) is 11.8 Å². The van der Waals surface area contributed by atoms with Gasteiger partial charge in [0, 0.05) is 51.9 Å². The minimum Gasteiger partial charge on any atom is -0.365 e. The summed E-state index contributed by atoms with van der Waals surface area (Å²) >= 11 is 0. The summed E-state index contributed by atoms with van der Waals surface area (Å²) < 4.78 is 0. The van der Waals surface area contributed by atoms with Crippen LogP contribution in [0.4, 0.5) is 39.8 Å². The van der Waals surface area contributed by atoms with Gasteiger partial charge in [-0.05, 0) is 218 Å². The molecule has 0 aromatic heterocycles. The maximum Gasteiger partial charge on any atom is 0.252 e. The number of rotatable bonds is 7. The van der Waals surface area contributed by atoms with E-state index in [1.54, 1.807) is 0 Å². The normalized spacial score (nSPS) is 18.3. The zero-order chi connectivity index (χ0) is 56.6. The molecular formula is C83H58BN3. The Kier molecular flexibility index (Phi) is 10.1. The summed E-state index contributed by atoms with van der Waals surface area (Å²) in [4.78, 5) is 8.23. The van der Waals surface area contributed by atoms with E-state index in [1.165, 1.54) is 186 Å². The Bertz CT molecular complexity index is 4940. The van der Waals surface area contributed by atoms with Crippen molar-refractivity contribution in [2.45, 2.75) is 44.2 Å². The molecule has 0 amide bonds. The Balaban J connectivity index is 0.872. The molecular weight excluding hydrogens is 1050 g/mol. The molecule has 15 aromatic carbocycles. The van der Waals surface area contributed by atoms with E-state index in [9.17, 15) is 0 Å². The fourth-order valence-electron chi connectivity index (χ4n) is 17.8. The van der Waals surface area contributed by atoms with E-state index in [4.69, 9.17) is 0 Å². The van der Waals surface area contributed by atoms with Crippen molar-refractivity contribution in [3.05, 3.63) is 267 Å². The molecule has 15 aromatic rings. The maximum absolute atomic E-state index is 2.92. The predicted molar refractivity (Wildman–Crippen MR) is 370 cm³/mol. The molecule has 6 aliphatic rings. The van der Waals surface area contributed by atoms with E-state index < -0.39 is 0 Å². The van der Waals surface area contributed by atoms with Crippen LogP contribution >= 0.6 is 0 Å². The Morgan fingerprint density at radius 1 is 0.276 bits per heavy atom. The van der Waals surface area contributed by atoms with Gasteiger partial charge in [0.15, 0.2) is 0 Å². The molecule has 0 N–H and O–H groups in total. The first-order valence-electron chi connectivity index (χ1n) is 31.6. The van der Waals surface area contributed by atoms with Crippen LogP contribution in [0.15, 0.2) is 267 Å². The lowest BCUT2D eigenvalue weighted by molar-refractivity contribution is 0.0900. The average molecular weight is 1110 g/mol. The summed E-state index contributed by atoms with van der Waals surface area (Å²) in [5.41, 5.74) is 22.5. The van der Waals surface area contributed by atoms with E-state index in [0.29, 0.717) is 12.1 Å². The number of hydrogen-bond acceptors (Lipinski definition) is 3. The largest absolute Gasteiger partial charge is 0.365 e. The second kappa shape index (κ2) is 18.2. The van der Waals surface area contributed by atoms with Gasteiger partial charge >= 0.3 is 0 Å². The topological polar surface area (TPSA) is 9.72 Å². The highest BCUT2D eigenvalue weighted by atomic mass is 15.2. The van der Waals surface area contributed by atoms with Crippen molar-refractivity contribution in [1.82, 2.24) is 0 Å². The third kappa shape index (κ3) is 7.07. The van der Waals surface area contributed by atoms with Crippen molar-refractivity contribution in [3.63, 3.8) is 0 Å². The number of nitrogens with zero attached hydrogens (tertiary/aromatic N) is 3. The van der Waals surface area contributed by atoms with E-state index >= 15 is 0 Å².